The molecule has 0 fully saturated rings. The van der Waals surface area contributed by atoms with E-state index < -0.39 is 0 Å². The number of nitrogens with zero attached hydrogens (tertiary/aromatic N) is 2. The first-order chi connectivity index (χ1) is 8.17. The van der Waals surface area contributed by atoms with E-state index in [2.05, 4.69) is 10.3 Å². The van der Waals surface area contributed by atoms with Gasteiger partial charge in [-0.2, -0.15) is 0 Å². The Kier molecular flexibility index (Phi) is 4.16. The van der Waals surface area contributed by atoms with Gasteiger partial charge in [-0.25, -0.2) is 4.98 Å². The molecule has 0 aliphatic heterocycles. The summed E-state index contributed by atoms with van der Waals surface area (Å²) >= 11 is 0. The summed E-state index contributed by atoms with van der Waals surface area (Å²) in [6.45, 7) is 11.2. The lowest BCUT2D eigenvalue weighted by atomic mass is 9.94. The van der Waals surface area contributed by atoms with Gasteiger partial charge in [0.15, 0.2) is 5.82 Å². The summed E-state index contributed by atoms with van der Waals surface area (Å²) in [7, 11) is 0. The van der Waals surface area contributed by atoms with Gasteiger partial charge in [0.25, 0.3) is 5.56 Å². The van der Waals surface area contributed by atoms with Crippen LogP contribution < -0.4 is 16.6 Å². The lowest BCUT2D eigenvalue weighted by Crippen LogP contribution is -2.37. The number of anilines is 1. The first kappa shape index (κ1) is 14.7. The Labute approximate surface area is 108 Å². The van der Waals surface area contributed by atoms with Crippen molar-refractivity contribution in [3.63, 3.8) is 0 Å². The summed E-state index contributed by atoms with van der Waals surface area (Å²) in [6.07, 6.45) is 3.35. The van der Waals surface area contributed by atoms with E-state index in [1.165, 1.54) is 0 Å². The fourth-order valence-corrected chi connectivity index (χ4v) is 1.46. The highest BCUT2D eigenvalue weighted by Crippen LogP contribution is 2.14. The number of hydrogen-bond donors (Lipinski definition) is 2. The van der Waals surface area contributed by atoms with Crippen LogP contribution in [-0.4, -0.2) is 22.6 Å². The SMILES string of the molecule is CC(C)(CN)CNc1nccn(C(C)(C)C)c1=O. The third-order valence-electron chi connectivity index (χ3n) is 2.85. The Bertz CT molecular complexity index is 457. The molecule has 0 amide bonds. The molecule has 0 aliphatic rings. The van der Waals surface area contributed by atoms with Gasteiger partial charge >= 0.3 is 0 Å². The van der Waals surface area contributed by atoms with E-state index in [4.69, 9.17) is 5.73 Å². The van der Waals surface area contributed by atoms with E-state index in [1.54, 1.807) is 17.0 Å². The Balaban J connectivity index is 2.96. The number of aromatic nitrogens is 2. The van der Waals surface area contributed by atoms with Crippen LogP contribution in [0.25, 0.3) is 0 Å². The lowest BCUT2D eigenvalue weighted by molar-refractivity contribution is 0.381. The molecule has 0 aliphatic carbocycles. The largest absolute Gasteiger partial charge is 0.365 e. The van der Waals surface area contributed by atoms with Gasteiger partial charge in [0.1, 0.15) is 0 Å². The number of nitrogens with two attached hydrogens (primary N) is 1. The minimum Gasteiger partial charge on any atom is -0.365 e. The second-order valence-corrected chi connectivity index (χ2v) is 6.34. The van der Waals surface area contributed by atoms with Gasteiger partial charge in [-0.1, -0.05) is 13.8 Å². The van der Waals surface area contributed by atoms with Crippen LogP contribution in [0.15, 0.2) is 17.2 Å². The van der Waals surface area contributed by atoms with Crippen LogP contribution in [-0.2, 0) is 5.54 Å². The monoisotopic (exact) mass is 252 g/mol. The molecule has 5 heteroatoms. The minimum absolute atomic E-state index is 0.0590. The van der Waals surface area contributed by atoms with E-state index in [0.29, 0.717) is 18.9 Å². The van der Waals surface area contributed by atoms with Crippen molar-refractivity contribution in [1.29, 1.82) is 0 Å². The Hall–Kier alpha value is -1.36. The smallest absolute Gasteiger partial charge is 0.293 e. The molecule has 1 aromatic heterocycles. The average molecular weight is 252 g/mol. The molecule has 0 unspecified atom stereocenters. The molecular formula is C13H24N4O. The molecule has 0 spiro atoms. The molecule has 0 bridgehead atoms. The zero-order valence-electron chi connectivity index (χ0n) is 11.9. The van der Waals surface area contributed by atoms with Crippen molar-refractivity contribution in [3.8, 4) is 0 Å². The average Bonchev–Trinajstić information content (AvgIpc) is 2.26. The zero-order valence-corrected chi connectivity index (χ0v) is 11.9. The maximum absolute atomic E-state index is 12.2. The summed E-state index contributed by atoms with van der Waals surface area (Å²) in [5.41, 5.74) is 5.26. The molecule has 102 valence electrons. The molecule has 0 atom stereocenters. The highest BCUT2D eigenvalue weighted by atomic mass is 16.1. The predicted molar refractivity (Wildman–Crippen MR) is 74.8 cm³/mol. The van der Waals surface area contributed by atoms with Gasteiger partial charge in [0, 0.05) is 24.5 Å². The van der Waals surface area contributed by atoms with Gasteiger partial charge in [0.2, 0.25) is 0 Å². The fourth-order valence-electron chi connectivity index (χ4n) is 1.46. The van der Waals surface area contributed by atoms with Crippen LogP contribution in [0.3, 0.4) is 0 Å². The number of nitrogens with one attached hydrogen (secondary N) is 1. The van der Waals surface area contributed by atoms with E-state index in [1.807, 2.05) is 34.6 Å². The van der Waals surface area contributed by atoms with Crippen LogP contribution in [0.2, 0.25) is 0 Å². The molecule has 1 heterocycles. The van der Waals surface area contributed by atoms with E-state index in [0.717, 1.165) is 0 Å². The van der Waals surface area contributed by atoms with Crippen molar-refractivity contribution in [2.45, 2.75) is 40.2 Å². The van der Waals surface area contributed by atoms with Gasteiger partial charge < -0.3 is 15.6 Å². The third kappa shape index (κ3) is 3.57. The van der Waals surface area contributed by atoms with Crippen LogP contribution >= 0.6 is 0 Å². The first-order valence-corrected chi connectivity index (χ1v) is 6.19. The summed E-state index contributed by atoms with van der Waals surface area (Å²) < 4.78 is 1.68. The van der Waals surface area contributed by atoms with Crippen molar-refractivity contribution in [1.82, 2.24) is 9.55 Å². The summed E-state index contributed by atoms with van der Waals surface area (Å²) in [6, 6.07) is 0. The van der Waals surface area contributed by atoms with Crippen LogP contribution in [0.1, 0.15) is 34.6 Å². The molecule has 0 saturated heterocycles. The van der Waals surface area contributed by atoms with Crippen molar-refractivity contribution >= 4 is 5.82 Å². The van der Waals surface area contributed by atoms with Gasteiger partial charge in [0.05, 0.1) is 0 Å². The Morgan fingerprint density at radius 2 is 1.94 bits per heavy atom. The standard InChI is InChI=1S/C13H24N4O/c1-12(2,3)17-7-6-15-10(11(17)18)16-9-13(4,5)8-14/h6-7H,8-9,14H2,1-5H3,(H,15,16). The molecular weight excluding hydrogens is 228 g/mol. The Morgan fingerprint density at radius 1 is 1.33 bits per heavy atom. The van der Waals surface area contributed by atoms with E-state index in [9.17, 15) is 4.79 Å². The normalized spacial score (nSPS) is 12.6. The highest BCUT2D eigenvalue weighted by Gasteiger charge is 2.19. The quantitative estimate of drug-likeness (QED) is 0.849. The summed E-state index contributed by atoms with van der Waals surface area (Å²) in [5, 5.41) is 3.09. The van der Waals surface area contributed by atoms with Crippen molar-refractivity contribution < 1.29 is 0 Å². The first-order valence-electron chi connectivity index (χ1n) is 6.19. The second-order valence-electron chi connectivity index (χ2n) is 6.34. The third-order valence-corrected chi connectivity index (χ3v) is 2.85. The fraction of sp³-hybridized carbons (Fsp3) is 0.692. The van der Waals surface area contributed by atoms with Gasteiger partial charge in [-0.05, 0) is 32.7 Å². The highest BCUT2D eigenvalue weighted by molar-refractivity contribution is 5.31. The molecule has 0 saturated carbocycles. The van der Waals surface area contributed by atoms with Crippen LogP contribution in [0.5, 0.6) is 0 Å². The molecule has 0 radical (unpaired) electrons. The molecule has 18 heavy (non-hydrogen) atoms. The maximum Gasteiger partial charge on any atom is 0.293 e. The summed E-state index contributed by atoms with van der Waals surface area (Å²) in [4.78, 5) is 16.3. The van der Waals surface area contributed by atoms with Crippen LogP contribution in [0, 0.1) is 5.41 Å². The zero-order chi connectivity index (χ0) is 14.0. The topological polar surface area (TPSA) is 72.9 Å². The maximum atomic E-state index is 12.2. The van der Waals surface area contributed by atoms with E-state index in [-0.39, 0.29) is 16.5 Å². The van der Waals surface area contributed by atoms with Gasteiger partial charge in [-0.3, -0.25) is 4.79 Å². The van der Waals surface area contributed by atoms with E-state index >= 15 is 0 Å². The molecule has 3 N–H and O–H groups in total. The van der Waals surface area contributed by atoms with Crippen molar-refractivity contribution in [2.75, 3.05) is 18.4 Å². The molecule has 1 aromatic rings. The van der Waals surface area contributed by atoms with Gasteiger partial charge in [-0.15, -0.1) is 0 Å². The molecule has 1 rings (SSSR count). The number of hydrogen-bond acceptors (Lipinski definition) is 4. The van der Waals surface area contributed by atoms with Crippen molar-refractivity contribution in [3.05, 3.63) is 22.7 Å². The second kappa shape index (κ2) is 5.10. The predicted octanol–water partition coefficient (Wildman–Crippen LogP) is 1.40. The van der Waals surface area contributed by atoms with Crippen LogP contribution in [0.4, 0.5) is 5.82 Å². The Morgan fingerprint density at radius 3 is 2.44 bits per heavy atom. The molecule has 0 aromatic carbocycles. The number of rotatable bonds is 4. The summed E-state index contributed by atoms with van der Waals surface area (Å²) in [5.74, 6) is 0.383. The minimum atomic E-state index is -0.250. The van der Waals surface area contributed by atoms with Crippen molar-refractivity contribution in [2.24, 2.45) is 11.1 Å². The molecule has 5 nitrogen and oxygen atoms in total. The lowest BCUT2D eigenvalue weighted by Gasteiger charge is -2.25.